The average molecular weight is 442 g/mol. The van der Waals surface area contributed by atoms with Crippen molar-refractivity contribution < 1.29 is 26.4 Å². The average Bonchev–Trinajstić information content (AvgIpc) is 2.63. The van der Waals surface area contributed by atoms with E-state index in [0.717, 1.165) is 24.5 Å². The Hall–Kier alpha value is -2.79. The standard InChI is InChI=1S/C19H21F3N4O3S/c1-30(28,29)26-6-4-14(5-7-26)23-15-8-13(21)9-16(11-15)24-19(27)25-18-3-2-12(20)10-17(18)22/h2-3,8-11,14,23H,4-7H2,1H3,(H2,24,25,27). The number of amides is 2. The summed E-state index contributed by atoms with van der Waals surface area (Å²) in [4.78, 5) is 12.1. The highest BCUT2D eigenvalue weighted by Crippen LogP contribution is 2.23. The van der Waals surface area contributed by atoms with Crippen molar-refractivity contribution in [2.75, 3.05) is 35.3 Å². The smallest absolute Gasteiger partial charge is 0.323 e. The van der Waals surface area contributed by atoms with Gasteiger partial charge in [-0.15, -0.1) is 0 Å². The van der Waals surface area contributed by atoms with Gasteiger partial charge in [-0.1, -0.05) is 0 Å². The van der Waals surface area contributed by atoms with Crippen molar-refractivity contribution in [1.29, 1.82) is 0 Å². The molecule has 7 nitrogen and oxygen atoms in total. The number of nitrogens with zero attached hydrogens (tertiary/aromatic N) is 1. The lowest BCUT2D eigenvalue weighted by atomic mass is 10.1. The molecule has 2 aromatic rings. The van der Waals surface area contributed by atoms with E-state index in [0.29, 0.717) is 37.7 Å². The Kier molecular flexibility index (Phi) is 6.52. The van der Waals surface area contributed by atoms with Crippen molar-refractivity contribution in [2.45, 2.75) is 18.9 Å². The van der Waals surface area contributed by atoms with Crippen molar-refractivity contribution in [1.82, 2.24) is 4.31 Å². The number of urea groups is 1. The van der Waals surface area contributed by atoms with Crippen LogP contribution in [0.15, 0.2) is 36.4 Å². The van der Waals surface area contributed by atoms with Crippen molar-refractivity contribution in [2.24, 2.45) is 0 Å². The van der Waals surface area contributed by atoms with Crippen LogP contribution in [0.3, 0.4) is 0 Å². The number of nitrogens with one attached hydrogen (secondary N) is 3. The third kappa shape index (κ3) is 5.86. The van der Waals surface area contributed by atoms with Crippen LogP contribution in [0.4, 0.5) is 35.0 Å². The van der Waals surface area contributed by atoms with Crippen LogP contribution in [0, 0.1) is 17.5 Å². The Bertz CT molecular complexity index is 1040. The van der Waals surface area contributed by atoms with E-state index in [2.05, 4.69) is 16.0 Å². The van der Waals surface area contributed by atoms with E-state index in [4.69, 9.17) is 0 Å². The zero-order chi connectivity index (χ0) is 21.9. The minimum atomic E-state index is -3.24. The maximum absolute atomic E-state index is 14.0. The molecule has 11 heteroatoms. The molecular formula is C19H21F3N4O3S. The topological polar surface area (TPSA) is 90.5 Å². The number of benzene rings is 2. The summed E-state index contributed by atoms with van der Waals surface area (Å²) in [5, 5.41) is 7.77. The fraction of sp³-hybridized carbons (Fsp3) is 0.316. The molecule has 0 aromatic heterocycles. The van der Waals surface area contributed by atoms with Crippen LogP contribution >= 0.6 is 0 Å². The Labute approximate surface area is 172 Å². The fourth-order valence-corrected chi connectivity index (χ4v) is 4.06. The summed E-state index contributed by atoms with van der Waals surface area (Å²) < 4.78 is 65.1. The van der Waals surface area contributed by atoms with E-state index in [9.17, 15) is 26.4 Å². The monoisotopic (exact) mass is 442 g/mol. The molecule has 1 aliphatic rings. The fourth-order valence-electron chi connectivity index (χ4n) is 3.19. The highest BCUT2D eigenvalue weighted by Gasteiger charge is 2.24. The van der Waals surface area contributed by atoms with E-state index in [1.807, 2.05) is 0 Å². The van der Waals surface area contributed by atoms with Crippen molar-refractivity contribution in [3.63, 3.8) is 0 Å². The lowest BCUT2D eigenvalue weighted by molar-refractivity contribution is 0.262. The molecule has 0 bridgehead atoms. The number of carbonyl (C=O) groups is 1. The van der Waals surface area contributed by atoms with Gasteiger partial charge in [0.05, 0.1) is 11.9 Å². The van der Waals surface area contributed by atoms with Crippen molar-refractivity contribution >= 4 is 33.1 Å². The summed E-state index contributed by atoms with van der Waals surface area (Å²) in [6.07, 6.45) is 2.27. The Morgan fingerprint density at radius 3 is 2.27 bits per heavy atom. The van der Waals surface area contributed by atoms with Gasteiger partial charge in [0.2, 0.25) is 10.0 Å². The van der Waals surface area contributed by atoms with E-state index >= 15 is 0 Å². The first-order valence-corrected chi connectivity index (χ1v) is 11.0. The van der Waals surface area contributed by atoms with Gasteiger partial charge >= 0.3 is 6.03 Å². The third-order valence-corrected chi connectivity index (χ3v) is 5.93. The molecule has 0 atom stereocenters. The summed E-state index contributed by atoms with van der Waals surface area (Å²) >= 11 is 0. The molecule has 0 saturated carbocycles. The molecule has 0 aliphatic carbocycles. The Morgan fingerprint density at radius 1 is 0.967 bits per heavy atom. The first kappa shape index (κ1) is 21.9. The molecule has 0 spiro atoms. The predicted octanol–water partition coefficient (Wildman–Crippen LogP) is 3.58. The normalized spacial score (nSPS) is 15.6. The highest BCUT2D eigenvalue weighted by atomic mass is 32.2. The largest absolute Gasteiger partial charge is 0.382 e. The number of sulfonamides is 1. The summed E-state index contributed by atoms with van der Waals surface area (Å²) in [5.74, 6) is -2.31. The van der Waals surface area contributed by atoms with Crippen LogP contribution in [-0.2, 0) is 10.0 Å². The first-order valence-electron chi connectivity index (χ1n) is 9.15. The number of carbonyl (C=O) groups excluding carboxylic acids is 1. The van der Waals surface area contributed by atoms with Crippen LogP contribution < -0.4 is 16.0 Å². The summed E-state index contributed by atoms with van der Waals surface area (Å²) in [5.41, 5.74) is 0.323. The van der Waals surface area contributed by atoms with Gasteiger partial charge < -0.3 is 16.0 Å². The van der Waals surface area contributed by atoms with Crippen molar-refractivity contribution in [3.05, 3.63) is 53.8 Å². The van der Waals surface area contributed by atoms with Crippen LogP contribution in [0.25, 0.3) is 0 Å². The molecular weight excluding hydrogens is 421 g/mol. The number of hydrogen-bond donors (Lipinski definition) is 3. The van der Waals surface area contributed by atoms with Crippen molar-refractivity contribution in [3.8, 4) is 0 Å². The second-order valence-electron chi connectivity index (χ2n) is 7.01. The molecule has 3 rings (SSSR count). The van der Waals surface area contributed by atoms with E-state index in [-0.39, 0.29) is 17.4 Å². The zero-order valence-corrected chi connectivity index (χ0v) is 16.9. The quantitative estimate of drug-likeness (QED) is 0.660. The van der Waals surface area contributed by atoms with Gasteiger partial charge in [0.25, 0.3) is 0 Å². The Morgan fingerprint density at radius 2 is 1.63 bits per heavy atom. The number of hydrogen-bond acceptors (Lipinski definition) is 4. The number of halogens is 3. The van der Waals surface area contributed by atoms with E-state index in [1.54, 1.807) is 0 Å². The lowest BCUT2D eigenvalue weighted by Gasteiger charge is -2.31. The zero-order valence-electron chi connectivity index (χ0n) is 16.1. The van der Waals surface area contributed by atoms with Gasteiger partial charge in [-0.3, -0.25) is 0 Å². The number of piperidine rings is 1. The van der Waals surface area contributed by atoms with Crippen LogP contribution in [0.2, 0.25) is 0 Å². The molecule has 1 heterocycles. The molecule has 2 aromatic carbocycles. The molecule has 2 amide bonds. The number of rotatable bonds is 5. The van der Waals surface area contributed by atoms with Gasteiger partial charge in [0, 0.05) is 36.6 Å². The van der Waals surface area contributed by atoms with E-state index < -0.39 is 33.5 Å². The van der Waals surface area contributed by atoms with Crippen LogP contribution in [0.5, 0.6) is 0 Å². The van der Waals surface area contributed by atoms with Gasteiger partial charge in [-0.25, -0.2) is 30.7 Å². The summed E-state index contributed by atoms with van der Waals surface area (Å²) in [7, 11) is -3.24. The molecule has 3 N–H and O–H groups in total. The third-order valence-electron chi connectivity index (χ3n) is 4.63. The van der Waals surface area contributed by atoms with E-state index in [1.165, 1.54) is 16.4 Å². The van der Waals surface area contributed by atoms with Gasteiger partial charge in [-0.2, -0.15) is 0 Å². The molecule has 1 saturated heterocycles. The van der Waals surface area contributed by atoms with Gasteiger partial charge in [0.15, 0.2) is 0 Å². The second kappa shape index (κ2) is 8.92. The maximum atomic E-state index is 14.0. The predicted molar refractivity (Wildman–Crippen MR) is 108 cm³/mol. The number of anilines is 3. The summed E-state index contributed by atoms with van der Waals surface area (Å²) in [6.45, 7) is 0.727. The molecule has 1 fully saturated rings. The van der Waals surface area contributed by atoms with Crippen LogP contribution in [0.1, 0.15) is 12.8 Å². The summed E-state index contributed by atoms with van der Waals surface area (Å²) in [6, 6.07) is 5.69. The molecule has 0 unspecified atom stereocenters. The lowest BCUT2D eigenvalue weighted by Crippen LogP contribution is -2.41. The SMILES string of the molecule is CS(=O)(=O)N1CCC(Nc2cc(F)cc(NC(=O)Nc3ccc(F)cc3F)c2)CC1. The van der Waals surface area contributed by atoms with Crippen LogP contribution in [-0.4, -0.2) is 44.1 Å². The molecule has 1 aliphatic heterocycles. The van der Waals surface area contributed by atoms with Gasteiger partial charge in [0.1, 0.15) is 17.5 Å². The highest BCUT2D eigenvalue weighted by molar-refractivity contribution is 7.88. The molecule has 162 valence electrons. The second-order valence-corrected chi connectivity index (χ2v) is 8.99. The molecule has 30 heavy (non-hydrogen) atoms. The minimum Gasteiger partial charge on any atom is -0.382 e. The molecule has 0 radical (unpaired) electrons. The minimum absolute atomic E-state index is 0.0558. The first-order chi connectivity index (χ1) is 14.1. The van der Waals surface area contributed by atoms with Gasteiger partial charge in [-0.05, 0) is 43.2 Å². The Balaban J connectivity index is 1.62. The maximum Gasteiger partial charge on any atom is 0.323 e.